The van der Waals surface area contributed by atoms with Gasteiger partial charge in [-0.2, -0.15) is 0 Å². The number of aliphatic hydroxyl groups excluding tert-OH is 2. The normalized spacial score (nSPS) is 51.1. The molecule has 6 aliphatic rings. The largest absolute Gasteiger partial charge is 0.459 e. The van der Waals surface area contributed by atoms with Crippen LogP contribution in [-0.4, -0.2) is 94.1 Å². The van der Waals surface area contributed by atoms with Crippen LogP contribution in [-0.2, 0) is 42.9 Å². The third-order valence-electron chi connectivity index (χ3n) is 9.79. The molecule has 0 radical (unpaired) electrons. The summed E-state index contributed by atoms with van der Waals surface area (Å²) in [5.74, 6) is -4.81. The minimum Gasteiger partial charge on any atom is -0.459 e. The molecular formula is C25H30O12. The van der Waals surface area contributed by atoms with Gasteiger partial charge in [-0.25, -0.2) is 9.59 Å². The molecule has 202 valence electrons. The lowest BCUT2D eigenvalue weighted by Gasteiger charge is -2.48. The van der Waals surface area contributed by atoms with Gasteiger partial charge in [0.15, 0.2) is 23.6 Å². The van der Waals surface area contributed by atoms with Crippen LogP contribution in [0.3, 0.4) is 0 Å². The van der Waals surface area contributed by atoms with Crippen LogP contribution in [0.2, 0.25) is 0 Å². The quantitative estimate of drug-likeness (QED) is 0.223. The van der Waals surface area contributed by atoms with Crippen molar-refractivity contribution in [2.75, 3.05) is 13.2 Å². The third-order valence-corrected chi connectivity index (χ3v) is 9.79. The molecule has 2 saturated carbocycles. The SMILES string of the molecule is CC1C(=O)O[C@H]2[C@H](O)[C@@]34C5C[C@@H](C(C)(C)C)C36[C@@H](OC(=O)[C@@H]6OC/C=C/C(=O)CO)O[C@@]4(C(=O)O5)[C@@]12O. The van der Waals surface area contributed by atoms with Crippen LogP contribution in [0.4, 0.5) is 0 Å². The van der Waals surface area contributed by atoms with E-state index in [9.17, 15) is 29.4 Å². The van der Waals surface area contributed by atoms with Crippen molar-refractivity contribution < 1.29 is 58.2 Å². The lowest BCUT2D eigenvalue weighted by Crippen LogP contribution is -2.67. The first-order valence-electron chi connectivity index (χ1n) is 12.4. The van der Waals surface area contributed by atoms with Crippen molar-refractivity contribution in [2.45, 2.75) is 76.0 Å². The van der Waals surface area contributed by atoms with Gasteiger partial charge in [0.1, 0.15) is 18.8 Å². The van der Waals surface area contributed by atoms with E-state index in [1.165, 1.54) is 13.0 Å². The zero-order valence-electron chi connectivity index (χ0n) is 20.8. The highest BCUT2D eigenvalue weighted by molar-refractivity contribution is 5.94. The van der Waals surface area contributed by atoms with E-state index in [2.05, 4.69) is 0 Å². The van der Waals surface area contributed by atoms with Crippen molar-refractivity contribution in [1.29, 1.82) is 0 Å². The van der Waals surface area contributed by atoms with Crippen LogP contribution in [0.25, 0.3) is 0 Å². The first kappa shape index (κ1) is 24.9. The highest BCUT2D eigenvalue weighted by Crippen LogP contribution is 2.84. The summed E-state index contributed by atoms with van der Waals surface area (Å²) in [5.41, 5.74) is -8.35. The summed E-state index contributed by atoms with van der Waals surface area (Å²) in [6.07, 6.45) is -4.23. The maximum Gasteiger partial charge on any atom is 0.343 e. The van der Waals surface area contributed by atoms with Crippen molar-refractivity contribution in [3.05, 3.63) is 12.2 Å². The fourth-order valence-electron chi connectivity index (χ4n) is 8.68. The maximum absolute atomic E-state index is 13.7. The molecule has 6 fully saturated rings. The van der Waals surface area contributed by atoms with Gasteiger partial charge >= 0.3 is 17.9 Å². The summed E-state index contributed by atoms with van der Waals surface area (Å²) in [6.45, 7) is 6.28. The molecule has 4 heterocycles. The maximum atomic E-state index is 13.7. The van der Waals surface area contributed by atoms with E-state index in [0.717, 1.165) is 6.08 Å². The van der Waals surface area contributed by atoms with E-state index in [-0.39, 0.29) is 13.0 Å². The molecule has 12 nitrogen and oxygen atoms in total. The molecule has 0 aromatic rings. The fourth-order valence-corrected chi connectivity index (χ4v) is 8.68. The topological polar surface area (TPSA) is 175 Å². The van der Waals surface area contributed by atoms with E-state index in [1.807, 2.05) is 20.8 Å². The van der Waals surface area contributed by atoms with Crippen LogP contribution in [0, 0.1) is 28.1 Å². The van der Waals surface area contributed by atoms with Crippen LogP contribution in [0.1, 0.15) is 34.1 Å². The number of ketones is 1. The summed E-state index contributed by atoms with van der Waals surface area (Å²) in [7, 11) is 0. The van der Waals surface area contributed by atoms with Crippen molar-refractivity contribution >= 4 is 23.7 Å². The molecule has 0 aromatic carbocycles. The molecule has 0 aromatic heterocycles. The molecule has 11 atom stereocenters. The number of hydrogen-bond acceptors (Lipinski definition) is 12. The number of esters is 3. The van der Waals surface area contributed by atoms with E-state index in [1.54, 1.807) is 0 Å². The number of aliphatic hydroxyl groups is 3. The Labute approximate surface area is 211 Å². The summed E-state index contributed by atoms with van der Waals surface area (Å²) in [5, 5.41) is 33.0. The minimum absolute atomic E-state index is 0.217. The average molecular weight is 523 g/mol. The molecule has 12 heteroatoms. The van der Waals surface area contributed by atoms with Gasteiger partial charge in [-0.3, -0.25) is 9.59 Å². The third kappa shape index (κ3) is 2.31. The predicted molar refractivity (Wildman–Crippen MR) is 117 cm³/mol. The van der Waals surface area contributed by atoms with Gasteiger partial charge in [-0.15, -0.1) is 0 Å². The number of fused-ring (bicyclic) bond motifs is 1. The molecule has 0 bridgehead atoms. The van der Waals surface area contributed by atoms with Crippen molar-refractivity contribution in [1.82, 2.24) is 0 Å². The Hall–Kier alpha value is -2.38. The lowest BCUT2D eigenvalue weighted by molar-refractivity contribution is -0.240. The minimum atomic E-state index is -2.29. The number of carbonyl (C=O) groups excluding carboxylic acids is 4. The van der Waals surface area contributed by atoms with Gasteiger partial charge in [-0.1, -0.05) is 26.8 Å². The molecule has 2 spiro atoms. The zero-order valence-corrected chi connectivity index (χ0v) is 20.8. The second-order valence-electron chi connectivity index (χ2n) is 12.0. The summed E-state index contributed by atoms with van der Waals surface area (Å²) in [6, 6.07) is 0. The highest BCUT2D eigenvalue weighted by atomic mass is 16.8. The molecule has 6 rings (SSSR count). The van der Waals surface area contributed by atoms with Gasteiger partial charge in [0.25, 0.3) is 0 Å². The molecule has 0 amide bonds. The monoisotopic (exact) mass is 522 g/mol. The van der Waals surface area contributed by atoms with Gasteiger partial charge in [0.2, 0.25) is 11.9 Å². The van der Waals surface area contributed by atoms with E-state index in [0.29, 0.717) is 0 Å². The molecule has 37 heavy (non-hydrogen) atoms. The Bertz CT molecular complexity index is 1140. The molecule has 2 aliphatic carbocycles. The van der Waals surface area contributed by atoms with Crippen molar-refractivity contribution in [3.63, 3.8) is 0 Å². The molecule has 4 saturated heterocycles. The van der Waals surface area contributed by atoms with Gasteiger partial charge < -0.3 is 39.0 Å². The number of ether oxygens (including phenoxy) is 5. The van der Waals surface area contributed by atoms with Gasteiger partial charge in [0.05, 0.1) is 23.4 Å². The zero-order chi connectivity index (χ0) is 26.9. The van der Waals surface area contributed by atoms with E-state index >= 15 is 0 Å². The van der Waals surface area contributed by atoms with Crippen LogP contribution < -0.4 is 0 Å². The number of hydrogen-bond donors (Lipinski definition) is 3. The summed E-state index contributed by atoms with van der Waals surface area (Å²) >= 11 is 0. The van der Waals surface area contributed by atoms with Crippen LogP contribution >= 0.6 is 0 Å². The highest BCUT2D eigenvalue weighted by Gasteiger charge is 3.04. The van der Waals surface area contributed by atoms with Gasteiger partial charge in [0, 0.05) is 0 Å². The fraction of sp³-hybridized carbons (Fsp3) is 0.760. The number of rotatable bonds is 5. The van der Waals surface area contributed by atoms with Crippen LogP contribution in [0.5, 0.6) is 0 Å². The Kier molecular flexibility index (Phi) is 4.83. The molecule has 3 unspecified atom stereocenters. The first-order valence-corrected chi connectivity index (χ1v) is 12.4. The van der Waals surface area contributed by atoms with Crippen molar-refractivity contribution in [3.8, 4) is 0 Å². The second-order valence-corrected chi connectivity index (χ2v) is 12.0. The summed E-state index contributed by atoms with van der Waals surface area (Å²) in [4.78, 5) is 51.1. The molecule has 3 N–H and O–H groups in total. The summed E-state index contributed by atoms with van der Waals surface area (Å²) < 4.78 is 29.3. The standard InChI is InChI=1S/C25H30O12/c1-10-17(29)35-15-14(28)23-13-8-12(21(2,3)4)22(23)16(33-7-5-6-11(27)9-26)18(30)36-20(22)37-25(23,19(31)34-13)24(10,15)32/h5-6,10,12-16,20,26,28,32H,7-9H2,1-4H3/b6-5+/t10?,12-,13?,14-,15-,16-,20-,22?,23-,24+,25+/m0/s1. The second kappa shape index (κ2) is 7.17. The Morgan fingerprint density at radius 3 is 2.51 bits per heavy atom. The molecule has 4 aliphatic heterocycles. The average Bonchev–Trinajstić information content (AvgIpc) is 3.54. The lowest BCUT2D eigenvalue weighted by atomic mass is 9.51. The smallest absolute Gasteiger partial charge is 0.343 e. The number of carbonyl (C=O) groups is 4. The Morgan fingerprint density at radius 1 is 1.16 bits per heavy atom. The van der Waals surface area contributed by atoms with Crippen molar-refractivity contribution in [2.24, 2.45) is 28.1 Å². The first-order chi connectivity index (χ1) is 17.3. The predicted octanol–water partition coefficient (Wildman–Crippen LogP) is -1.23. The van der Waals surface area contributed by atoms with E-state index in [4.69, 9.17) is 28.8 Å². The Morgan fingerprint density at radius 2 is 1.86 bits per heavy atom. The van der Waals surface area contributed by atoms with Crippen LogP contribution in [0.15, 0.2) is 12.2 Å². The van der Waals surface area contributed by atoms with E-state index < -0.39 is 100 Å². The molecular weight excluding hydrogens is 492 g/mol. The Balaban J connectivity index is 1.57. The van der Waals surface area contributed by atoms with Gasteiger partial charge in [-0.05, 0) is 30.8 Å².